The number of amides is 1. The van der Waals surface area contributed by atoms with Crippen LogP contribution in [0.15, 0.2) is 24.3 Å². The molecule has 0 saturated carbocycles. The van der Waals surface area contributed by atoms with Gasteiger partial charge in [-0.2, -0.15) is 5.26 Å². The van der Waals surface area contributed by atoms with E-state index < -0.39 is 0 Å². The number of hydrogen-bond donors (Lipinski definition) is 0. The highest BCUT2D eigenvalue weighted by Gasteiger charge is 2.20. The summed E-state index contributed by atoms with van der Waals surface area (Å²) in [6.45, 7) is 2.19. The van der Waals surface area contributed by atoms with E-state index in [-0.39, 0.29) is 5.91 Å². The fourth-order valence-corrected chi connectivity index (χ4v) is 2.97. The molecule has 6 heteroatoms. The smallest absolute Gasteiger partial charge is 0.222 e. The highest BCUT2D eigenvalue weighted by Crippen LogP contribution is 2.25. The van der Waals surface area contributed by atoms with E-state index in [0.29, 0.717) is 30.1 Å². The van der Waals surface area contributed by atoms with Gasteiger partial charge in [-0.25, -0.2) is 4.98 Å². The molecule has 0 bridgehead atoms. The second-order valence-electron chi connectivity index (χ2n) is 5.71. The van der Waals surface area contributed by atoms with Gasteiger partial charge in [0.1, 0.15) is 5.82 Å². The van der Waals surface area contributed by atoms with Crippen LogP contribution in [0.3, 0.4) is 0 Å². The predicted octanol–water partition coefficient (Wildman–Crippen LogP) is 2.82. The molecule has 1 fully saturated rings. The number of hydrogen-bond acceptors (Lipinski definition) is 4. The van der Waals surface area contributed by atoms with Gasteiger partial charge in [0.2, 0.25) is 5.91 Å². The zero-order valence-electron chi connectivity index (χ0n) is 12.9. The molecular weight excluding hydrogens is 312 g/mol. The third-order valence-corrected chi connectivity index (χ3v) is 4.38. The summed E-state index contributed by atoms with van der Waals surface area (Å²) in [6.07, 6.45) is 1.59. The van der Waals surface area contributed by atoms with E-state index >= 15 is 0 Å². The van der Waals surface area contributed by atoms with Gasteiger partial charge >= 0.3 is 0 Å². The molecule has 0 aliphatic carbocycles. The van der Waals surface area contributed by atoms with E-state index in [0.717, 1.165) is 29.7 Å². The average molecular weight is 329 g/mol. The largest absolute Gasteiger partial charge is 0.358 e. The van der Waals surface area contributed by atoms with E-state index in [1.54, 1.807) is 18.2 Å². The van der Waals surface area contributed by atoms with E-state index in [2.05, 4.69) is 11.1 Å². The number of rotatable bonds is 4. The molecule has 23 heavy (non-hydrogen) atoms. The number of carbonyl (C=O) groups excluding carboxylic acids is 1. The number of nitriles is 1. The third kappa shape index (κ3) is 3.22. The molecule has 2 heterocycles. The van der Waals surface area contributed by atoms with Crippen LogP contribution in [0.25, 0.3) is 10.9 Å². The van der Waals surface area contributed by atoms with Crippen molar-refractivity contribution in [3.63, 3.8) is 0 Å². The monoisotopic (exact) mass is 328 g/mol. The van der Waals surface area contributed by atoms with Crippen molar-refractivity contribution in [2.45, 2.75) is 12.8 Å². The number of pyridine rings is 1. The summed E-state index contributed by atoms with van der Waals surface area (Å²) in [5, 5.41) is 10.7. The first-order chi connectivity index (χ1) is 11.1. The number of carbonyl (C=O) groups is 1. The van der Waals surface area contributed by atoms with E-state index in [1.165, 1.54) is 0 Å². The van der Waals surface area contributed by atoms with Crippen LogP contribution < -0.4 is 4.90 Å². The second-order valence-corrected chi connectivity index (χ2v) is 6.14. The first kappa shape index (κ1) is 15.6. The Hall–Kier alpha value is -2.32. The molecule has 0 radical (unpaired) electrons. The zero-order valence-corrected chi connectivity index (χ0v) is 13.7. The Morgan fingerprint density at radius 3 is 2.96 bits per heavy atom. The lowest BCUT2D eigenvalue weighted by molar-refractivity contribution is -0.127. The number of nitrogens with zero attached hydrogens (tertiary/aromatic N) is 4. The van der Waals surface area contributed by atoms with Gasteiger partial charge in [-0.05, 0) is 30.7 Å². The van der Waals surface area contributed by atoms with Crippen LogP contribution in [0.4, 0.5) is 5.82 Å². The molecule has 0 unspecified atom stereocenters. The van der Waals surface area contributed by atoms with Crippen molar-refractivity contribution in [3.8, 4) is 6.07 Å². The molecule has 1 saturated heterocycles. The lowest BCUT2D eigenvalue weighted by atomic mass is 10.1. The van der Waals surface area contributed by atoms with Gasteiger partial charge in [0, 0.05) is 43.5 Å². The Bertz CT molecular complexity index is 799. The Labute approximate surface area is 140 Å². The van der Waals surface area contributed by atoms with Gasteiger partial charge in [0.25, 0.3) is 0 Å². The lowest BCUT2D eigenvalue weighted by Gasteiger charge is -2.23. The fraction of sp³-hybridized carbons (Fsp3) is 0.353. The molecule has 1 amide bonds. The van der Waals surface area contributed by atoms with Crippen molar-refractivity contribution in [2.75, 3.05) is 31.6 Å². The number of likely N-dealkylation sites (tertiary alicyclic amines) is 1. The van der Waals surface area contributed by atoms with Crippen molar-refractivity contribution in [1.29, 1.82) is 5.26 Å². The first-order valence-corrected chi connectivity index (χ1v) is 7.95. The van der Waals surface area contributed by atoms with Crippen molar-refractivity contribution in [1.82, 2.24) is 9.88 Å². The summed E-state index contributed by atoms with van der Waals surface area (Å²) in [6, 6.07) is 9.32. The van der Waals surface area contributed by atoms with E-state index in [9.17, 15) is 10.1 Å². The van der Waals surface area contributed by atoms with Crippen LogP contribution in [0.2, 0.25) is 5.02 Å². The Morgan fingerprint density at radius 2 is 2.26 bits per heavy atom. The predicted molar refractivity (Wildman–Crippen MR) is 90.6 cm³/mol. The topological polar surface area (TPSA) is 60.2 Å². The maximum Gasteiger partial charge on any atom is 0.222 e. The summed E-state index contributed by atoms with van der Waals surface area (Å²) in [5.41, 5.74) is 1.30. The molecule has 0 spiro atoms. The van der Waals surface area contributed by atoms with Crippen molar-refractivity contribution >= 4 is 34.2 Å². The molecule has 1 aliphatic heterocycles. The molecule has 0 N–H and O–H groups in total. The highest BCUT2D eigenvalue weighted by atomic mass is 35.5. The minimum Gasteiger partial charge on any atom is -0.358 e. The van der Waals surface area contributed by atoms with Crippen LogP contribution in [-0.2, 0) is 4.79 Å². The van der Waals surface area contributed by atoms with Gasteiger partial charge < -0.3 is 9.80 Å². The standard InChI is InChI=1S/C17H17ClN4O/c1-21(7-8-22-6-2-3-17(22)23)16-9-12(11-19)14-10-13(18)4-5-15(14)20-16/h4-5,9-10H,2-3,6-8H2,1H3. The van der Waals surface area contributed by atoms with Crippen LogP contribution in [0, 0.1) is 11.3 Å². The van der Waals surface area contributed by atoms with Crippen LogP contribution in [0.1, 0.15) is 18.4 Å². The Morgan fingerprint density at radius 1 is 1.43 bits per heavy atom. The van der Waals surface area contributed by atoms with Crippen molar-refractivity contribution < 1.29 is 4.79 Å². The van der Waals surface area contributed by atoms with Crippen LogP contribution in [-0.4, -0.2) is 42.5 Å². The van der Waals surface area contributed by atoms with Crippen molar-refractivity contribution in [2.24, 2.45) is 0 Å². The summed E-state index contributed by atoms with van der Waals surface area (Å²) < 4.78 is 0. The van der Waals surface area contributed by atoms with Gasteiger partial charge in [-0.3, -0.25) is 4.79 Å². The normalized spacial score (nSPS) is 14.3. The average Bonchev–Trinajstić information content (AvgIpc) is 2.96. The third-order valence-electron chi connectivity index (χ3n) is 4.15. The number of anilines is 1. The number of fused-ring (bicyclic) bond motifs is 1. The number of halogens is 1. The maximum absolute atomic E-state index is 11.7. The SMILES string of the molecule is CN(CCN1CCCC1=O)c1cc(C#N)c2cc(Cl)ccc2n1. The molecule has 0 atom stereocenters. The van der Waals surface area contributed by atoms with Crippen LogP contribution in [0.5, 0.6) is 0 Å². The minimum absolute atomic E-state index is 0.220. The van der Waals surface area contributed by atoms with Crippen molar-refractivity contribution in [3.05, 3.63) is 34.9 Å². The molecule has 3 rings (SSSR count). The van der Waals surface area contributed by atoms with E-state index in [4.69, 9.17) is 11.6 Å². The molecular formula is C17H17ClN4O. The molecule has 5 nitrogen and oxygen atoms in total. The summed E-state index contributed by atoms with van der Waals surface area (Å²) >= 11 is 6.00. The van der Waals surface area contributed by atoms with Gasteiger partial charge in [0.05, 0.1) is 17.1 Å². The molecule has 118 valence electrons. The first-order valence-electron chi connectivity index (χ1n) is 7.58. The van der Waals surface area contributed by atoms with Gasteiger partial charge in [-0.15, -0.1) is 0 Å². The second kappa shape index (κ2) is 6.43. The Kier molecular flexibility index (Phi) is 4.35. The quantitative estimate of drug-likeness (QED) is 0.866. The minimum atomic E-state index is 0.220. The van der Waals surface area contributed by atoms with E-state index in [1.807, 2.05) is 22.9 Å². The van der Waals surface area contributed by atoms with Gasteiger partial charge in [-0.1, -0.05) is 11.6 Å². The molecule has 1 aromatic heterocycles. The fourth-order valence-electron chi connectivity index (χ4n) is 2.80. The highest BCUT2D eigenvalue weighted by molar-refractivity contribution is 6.31. The van der Waals surface area contributed by atoms with Crippen LogP contribution >= 0.6 is 11.6 Å². The zero-order chi connectivity index (χ0) is 16.4. The number of benzene rings is 1. The Balaban J connectivity index is 1.83. The lowest BCUT2D eigenvalue weighted by Crippen LogP contribution is -2.34. The molecule has 2 aromatic rings. The number of aromatic nitrogens is 1. The summed E-state index contributed by atoms with van der Waals surface area (Å²) in [4.78, 5) is 20.1. The van der Waals surface area contributed by atoms with Gasteiger partial charge in [0.15, 0.2) is 0 Å². The molecule has 1 aromatic carbocycles. The molecule has 1 aliphatic rings. The number of likely N-dealkylation sites (N-methyl/N-ethyl adjacent to an activating group) is 1. The maximum atomic E-state index is 11.7. The summed E-state index contributed by atoms with van der Waals surface area (Å²) in [7, 11) is 1.92. The summed E-state index contributed by atoms with van der Waals surface area (Å²) in [5.74, 6) is 0.945.